The van der Waals surface area contributed by atoms with Gasteiger partial charge in [0, 0.05) is 11.1 Å². The first-order valence-corrected chi connectivity index (χ1v) is 7.13. The predicted octanol–water partition coefficient (Wildman–Crippen LogP) is 3.08. The molecule has 23 heavy (non-hydrogen) atoms. The monoisotopic (exact) mass is 311 g/mol. The second kappa shape index (κ2) is 6.87. The summed E-state index contributed by atoms with van der Waals surface area (Å²) in [5, 5.41) is 11.9. The lowest BCUT2D eigenvalue weighted by molar-refractivity contribution is 0.0697. The van der Waals surface area contributed by atoms with Crippen LogP contribution < -0.4 is 5.32 Å². The van der Waals surface area contributed by atoms with Crippen molar-refractivity contribution < 1.29 is 19.5 Å². The summed E-state index contributed by atoms with van der Waals surface area (Å²) in [6.07, 6.45) is 0. The lowest BCUT2D eigenvalue weighted by Gasteiger charge is -2.15. The van der Waals surface area contributed by atoms with E-state index in [2.05, 4.69) is 5.32 Å². The van der Waals surface area contributed by atoms with Crippen LogP contribution in [0.2, 0.25) is 0 Å². The topological polar surface area (TPSA) is 83.5 Å². The van der Waals surface area contributed by atoms with Crippen LogP contribution in [0.5, 0.6) is 0 Å². The molecule has 118 valence electrons. The number of Topliss-reactive ketones (excluding diaryl/α,β-unsaturated/α-hetero) is 1. The average Bonchev–Trinajstić information content (AvgIpc) is 2.55. The molecular weight excluding hydrogens is 294 g/mol. The smallest absolute Gasteiger partial charge is 0.335 e. The standard InChI is InChI=1S/C18H17NO4/c1-11(13-6-4-3-5-7-13)19-17(21)15-8-14(12(2)20)9-16(10-15)18(22)23/h3-11H,1-2H3,(H,19,21)(H,22,23)/t11-/m1/s1. The molecule has 0 radical (unpaired) electrons. The first-order chi connectivity index (χ1) is 10.9. The van der Waals surface area contributed by atoms with Gasteiger partial charge in [-0.1, -0.05) is 30.3 Å². The molecule has 2 aromatic carbocycles. The number of carbonyl (C=O) groups excluding carboxylic acids is 2. The quantitative estimate of drug-likeness (QED) is 0.831. The molecule has 0 saturated heterocycles. The van der Waals surface area contributed by atoms with Gasteiger partial charge in [-0.2, -0.15) is 0 Å². The van der Waals surface area contributed by atoms with E-state index in [0.29, 0.717) is 0 Å². The molecule has 0 saturated carbocycles. The molecule has 1 atom stereocenters. The largest absolute Gasteiger partial charge is 0.478 e. The second-order valence-corrected chi connectivity index (χ2v) is 5.27. The maximum Gasteiger partial charge on any atom is 0.335 e. The van der Waals surface area contributed by atoms with Crippen LogP contribution in [0.4, 0.5) is 0 Å². The molecule has 0 heterocycles. The van der Waals surface area contributed by atoms with Gasteiger partial charge in [-0.05, 0) is 37.6 Å². The van der Waals surface area contributed by atoms with E-state index in [0.717, 1.165) is 5.56 Å². The van der Waals surface area contributed by atoms with Crippen LogP contribution in [0.15, 0.2) is 48.5 Å². The van der Waals surface area contributed by atoms with E-state index < -0.39 is 11.9 Å². The van der Waals surface area contributed by atoms with Gasteiger partial charge in [-0.25, -0.2) is 4.79 Å². The summed E-state index contributed by atoms with van der Waals surface area (Å²) in [5.41, 5.74) is 1.19. The minimum absolute atomic E-state index is 0.0878. The highest BCUT2D eigenvalue weighted by Gasteiger charge is 2.16. The number of hydrogen-bond acceptors (Lipinski definition) is 3. The number of aromatic carboxylic acids is 1. The summed E-state index contributed by atoms with van der Waals surface area (Å²) < 4.78 is 0. The van der Waals surface area contributed by atoms with Crippen molar-refractivity contribution >= 4 is 17.7 Å². The third-order valence-electron chi connectivity index (χ3n) is 3.50. The van der Waals surface area contributed by atoms with Crippen LogP contribution in [0, 0.1) is 0 Å². The van der Waals surface area contributed by atoms with E-state index in [4.69, 9.17) is 5.11 Å². The van der Waals surface area contributed by atoms with Gasteiger partial charge in [0.25, 0.3) is 5.91 Å². The maximum atomic E-state index is 12.4. The summed E-state index contributed by atoms with van der Waals surface area (Å²) in [4.78, 5) is 35.0. The van der Waals surface area contributed by atoms with Crippen molar-refractivity contribution in [2.45, 2.75) is 19.9 Å². The Morgan fingerprint density at radius 1 is 0.957 bits per heavy atom. The Labute approximate surface area is 134 Å². The van der Waals surface area contributed by atoms with Gasteiger partial charge in [-0.3, -0.25) is 9.59 Å². The zero-order chi connectivity index (χ0) is 17.0. The molecule has 2 N–H and O–H groups in total. The number of ketones is 1. The van der Waals surface area contributed by atoms with Crippen molar-refractivity contribution in [2.75, 3.05) is 0 Å². The number of amides is 1. The SMILES string of the molecule is CC(=O)c1cc(C(=O)O)cc(C(=O)N[C@H](C)c2ccccc2)c1. The van der Waals surface area contributed by atoms with Gasteiger partial charge in [0.2, 0.25) is 0 Å². The molecule has 0 bridgehead atoms. The fourth-order valence-electron chi connectivity index (χ4n) is 2.19. The van der Waals surface area contributed by atoms with Crippen LogP contribution in [0.1, 0.15) is 56.5 Å². The molecule has 0 aliphatic rings. The Balaban J connectivity index is 2.28. The first-order valence-electron chi connectivity index (χ1n) is 7.13. The van der Waals surface area contributed by atoms with E-state index in [1.807, 2.05) is 37.3 Å². The Hall–Kier alpha value is -2.95. The maximum absolute atomic E-state index is 12.4. The van der Waals surface area contributed by atoms with Crippen molar-refractivity contribution in [1.29, 1.82) is 0 Å². The highest BCUT2D eigenvalue weighted by atomic mass is 16.4. The molecule has 0 fully saturated rings. The lowest BCUT2D eigenvalue weighted by Crippen LogP contribution is -2.27. The zero-order valence-corrected chi connectivity index (χ0v) is 12.9. The van der Waals surface area contributed by atoms with Gasteiger partial charge in [-0.15, -0.1) is 0 Å². The van der Waals surface area contributed by atoms with Gasteiger partial charge >= 0.3 is 5.97 Å². The van der Waals surface area contributed by atoms with Crippen LogP contribution in [-0.4, -0.2) is 22.8 Å². The fourth-order valence-corrected chi connectivity index (χ4v) is 2.19. The van der Waals surface area contributed by atoms with E-state index in [1.54, 1.807) is 0 Å². The van der Waals surface area contributed by atoms with Gasteiger partial charge in [0.05, 0.1) is 11.6 Å². The van der Waals surface area contributed by atoms with Gasteiger partial charge < -0.3 is 10.4 Å². The molecular formula is C18H17NO4. The molecule has 5 nitrogen and oxygen atoms in total. The Kier molecular flexibility index (Phi) is 4.91. The molecule has 0 aromatic heterocycles. The normalized spacial score (nSPS) is 11.6. The molecule has 1 amide bonds. The highest BCUT2D eigenvalue weighted by Crippen LogP contribution is 2.15. The summed E-state index contributed by atoms with van der Waals surface area (Å²) in [7, 11) is 0. The van der Waals surface area contributed by atoms with Crippen LogP contribution >= 0.6 is 0 Å². The van der Waals surface area contributed by atoms with Gasteiger partial charge in [0.15, 0.2) is 5.78 Å². The third kappa shape index (κ3) is 4.03. The molecule has 0 spiro atoms. The van der Waals surface area contributed by atoms with E-state index in [-0.39, 0.29) is 28.5 Å². The molecule has 5 heteroatoms. The first kappa shape index (κ1) is 16.4. The van der Waals surface area contributed by atoms with E-state index in [1.165, 1.54) is 25.1 Å². The minimum atomic E-state index is -1.18. The minimum Gasteiger partial charge on any atom is -0.478 e. The third-order valence-corrected chi connectivity index (χ3v) is 3.50. The summed E-state index contributed by atoms with van der Waals surface area (Å²) in [5.74, 6) is -1.90. The van der Waals surface area contributed by atoms with Crippen LogP contribution in [-0.2, 0) is 0 Å². The van der Waals surface area contributed by atoms with Crippen LogP contribution in [0.25, 0.3) is 0 Å². The number of rotatable bonds is 5. The molecule has 0 aliphatic carbocycles. The summed E-state index contributed by atoms with van der Waals surface area (Å²) >= 11 is 0. The fraction of sp³-hybridized carbons (Fsp3) is 0.167. The van der Waals surface area contributed by atoms with Crippen molar-refractivity contribution in [2.24, 2.45) is 0 Å². The number of carboxylic acid groups (broad SMARTS) is 1. The average molecular weight is 311 g/mol. The Bertz CT molecular complexity index is 721. The van der Waals surface area contributed by atoms with Gasteiger partial charge in [0.1, 0.15) is 0 Å². The number of hydrogen-bond donors (Lipinski definition) is 2. The second-order valence-electron chi connectivity index (χ2n) is 5.27. The summed E-state index contributed by atoms with van der Waals surface area (Å²) in [6, 6.07) is 13.1. The lowest BCUT2D eigenvalue weighted by atomic mass is 10.0. The molecule has 0 aliphatic heterocycles. The molecule has 0 unspecified atom stereocenters. The molecule has 2 rings (SSSR count). The summed E-state index contributed by atoms with van der Waals surface area (Å²) in [6.45, 7) is 3.16. The van der Waals surface area contributed by atoms with E-state index in [9.17, 15) is 14.4 Å². The highest BCUT2D eigenvalue weighted by molar-refractivity contribution is 6.03. The van der Waals surface area contributed by atoms with Crippen LogP contribution in [0.3, 0.4) is 0 Å². The number of carbonyl (C=O) groups is 3. The predicted molar refractivity (Wildman–Crippen MR) is 85.7 cm³/mol. The Morgan fingerprint density at radius 3 is 2.09 bits per heavy atom. The molecule has 2 aromatic rings. The zero-order valence-electron chi connectivity index (χ0n) is 12.9. The van der Waals surface area contributed by atoms with Crippen molar-refractivity contribution in [1.82, 2.24) is 5.32 Å². The number of carboxylic acids is 1. The number of nitrogens with one attached hydrogen (secondary N) is 1. The Morgan fingerprint density at radius 2 is 1.52 bits per heavy atom. The van der Waals surface area contributed by atoms with Crippen molar-refractivity contribution in [3.63, 3.8) is 0 Å². The van der Waals surface area contributed by atoms with E-state index >= 15 is 0 Å². The number of benzene rings is 2. The van der Waals surface area contributed by atoms with Crippen molar-refractivity contribution in [3.8, 4) is 0 Å². The van der Waals surface area contributed by atoms with Crippen molar-refractivity contribution in [3.05, 3.63) is 70.8 Å².